The van der Waals surface area contributed by atoms with Crippen LogP contribution in [0, 0.1) is 6.92 Å². The van der Waals surface area contributed by atoms with Crippen LogP contribution in [0.1, 0.15) is 90.1 Å². The molecule has 3 heterocycles. The lowest BCUT2D eigenvalue weighted by Crippen LogP contribution is -2.36. The SMILES string of the molecule is CCOc1cc2c(cc1CN1CCC[C@@H]1c1ncc(C(=O)N3CCCCC3)c(C)n1)CCC2. The minimum Gasteiger partial charge on any atom is -0.494 e. The van der Waals surface area contributed by atoms with Crippen molar-refractivity contribution in [2.45, 2.75) is 77.8 Å². The summed E-state index contributed by atoms with van der Waals surface area (Å²) in [4.78, 5) is 27.0. The number of benzene rings is 1. The Balaban J connectivity index is 1.35. The summed E-state index contributed by atoms with van der Waals surface area (Å²) in [7, 11) is 0. The molecule has 3 aliphatic rings. The molecule has 2 fully saturated rings. The van der Waals surface area contributed by atoms with E-state index in [0.717, 1.165) is 75.6 Å². The smallest absolute Gasteiger partial charge is 0.257 e. The van der Waals surface area contributed by atoms with E-state index in [4.69, 9.17) is 14.7 Å². The van der Waals surface area contributed by atoms with Crippen molar-refractivity contribution in [2.24, 2.45) is 0 Å². The number of fused-ring (bicyclic) bond motifs is 1. The summed E-state index contributed by atoms with van der Waals surface area (Å²) in [6.45, 7) is 8.27. The van der Waals surface area contributed by atoms with Crippen molar-refractivity contribution in [1.82, 2.24) is 19.8 Å². The molecule has 5 rings (SSSR count). The molecule has 1 atom stereocenters. The van der Waals surface area contributed by atoms with Crippen LogP contribution in [-0.4, -0.2) is 51.9 Å². The number of amides is 1. The third kappa shape index (κ3) is 4.63. The zero-order valence-electron chi connectivity index (χ0n) is 20.1. The molecule has 1 aromatic heterocycles. The summed E-state index contributed by atoms with van der Waals surface area (Å²) in [5.74, 6) is 1.96. The first-order valence-corrected chi connectivity index (χ1v) is 12.8. The Morgan fingerprint density at radius 1 is 1.06 bits per heavy atom. The molecule has 0 unspecified atom stereocenters. The Morgan fingerprint density at radius 2 is 1.85 bits per heavy atom. The summed E-state index contributed by atoms with van der Waals surface area (Å²) in [5.41, 5.74) is 5.67. The average Bonchev–Trinajstić information content (AvgIpc) is 3.49. The monoisotopic (exact) mass is 448 g/mol. The summed E-state index contributed by atoms with van der Waals surface area (Å²) in [6, 6.07) is 4.83. The number of piperidine rings is 1. The first-order chi connectivity index (χ1) is 16.1. The van der Waals surface area contributed by atoms with Crippen LogP contribution in [0.4, 0.5) is 0 Å². The molecule has 1 aromatic carbocycles. The summed E-state index contributed by atoms with van der Waals surface area (Å²) in [6.07, 6.45) is 10.9. The molecule has 0 spiro atoms. The second kappa shape index (κ2) is 9.80. The second-order valence-electron chi connectivity index (χ2n) is 9.72. The van der Waals surface area contributed by atoms with Gasteiger partial charge in [0.05, 0.1) is 23.9 Å². The molecule has 6 heteroatoms. The van der Waals surface area contributed by atoms with Gasteiger partial charge in [-0.05, 0) is 89.0 Å². The maximum atomic E-state index is 13.0. The lowest BCUT2D eigenvalue weighted by Gasteiger charge is -2.28. The summed E-state index contributed by atoms with van der Waals surface area (Å²) >= 11 is 0. The normalized spacial score (nSPS) is 20.8. The molecular weight excluding hydrogens is 412 g/mol. The quantitative estimate of drug-likeness (QED) is 0.645. The molecule has 1 aliphatic carbocycles. The standard InChI is InChI=1S/C27H36N4O2/c1-3-33-25-16-21-10-7-9-20(21)15-22(25)18-31-14-8-11-24(31)26-28-17-23(19(2)29-26)27(32)30-12-5-4-6-13-30/h15-17,24H,3-14,18H2,1-2H3/t24-/m1/s1. The fourth-order valence-corrected chi connectivity index (χ4v) is 5.72. The van der Waals surface area contributed by atoms with Gasteiger partial charge in [0, 0.05) is 31.4 Å². The Bertz CT molecular complexity index is 1020. The Kier molecular flexibility index (Phi) is 6.63. The van der Waals surface area contributed by atoms with Crippen molar-refractivity contribution in [3.05, 3.63) is 52.1 Å². The number of aryl methyl sites for hydroxylation is 3. The highest BCUT2D eigenvalue weighted by molar-refractivity contribution is 5.95. The lowest BCUT2D eigenvalue weighted by atomic mass is 10.0. The van der Waals surface area contributed by atoms with Crippen LogP contribution in [-0.2, 0) is 19.4 Å². The fourth-order valence-electron chi connectivity index (χ4n) is 5.72. The Morgan fingerprint density at radius 3 is 2.61 bits per heavy atom. The van der Waals surface area contributed by atoms with Gasteiger partial charge in [0.2, 0.25) is 0 Å². The highest BCUT2D eigenvalue weighted by Crippen LogP contribution is 2.36. The topological polar surface area (TPSA) is 58.6 Å². The number of ether oxygens (including phenoxy) is 1. The van der Waals surface area contributed by atoms with Crippen molar-refractivity contribution in [3.8, 4) is 5.75 Å². The van der Waals surface area contributed by atoms with E-state index in [2.05, 4.69) is 24.0 Å². The first kappa shape index (κ1) is 22.3. The van der Waals surface area contributed by atoms with Gasteiger partial charge in [0.25, 0.3) is 5.91 Å². The number of likely N-dealkylation sites (tertiary alicyclic amines) is 2. The van der Waals surface area contributed by atoms with Crippen LogP contribution >= 0.6 is 0 Å². The second-order valence-corrected chi connectivity index (χ2v) is 9.72. The number of rotatable bonds is 6. The summed E-state index contributed by atoms with van der Waals surface area (Å²) in [5, 5.41) is 0. The molecule has 0 saturated carbocycles. The number of hydrogen-bond acceptors (Lipinski definition) is 5. The van der Waals surface area contributed by atoms with Crippen molar-refractivity contribution in [1.29, 1.82) is 0 Å². The van der Waals surface area contributed by atoms with Crippen LogP contribution in [0.25, 0.3) is 0 Å². The van der Waals surface area contributed by atoms with Gasteiger partial charge < -0.3 is 9.64 Å². The molecule has 2 aliphatic heterocycles. The van der Waals surface area contributed by atoms with Crippen molar-refractivity contribution in [3.63, 3.8) is 0 Å². The van der Waals surface area contributed by atoms with Gasteiger partial charge in [0.15, 0.2) is 0 Å². The van der Waals surface area contributed by atoms with Crippen LogP contribution in [0.5, 0.6) is 5.75 Å². The molecule has 0 N–H and O–H groups in total. The molecule has 2 aromatic rings. The first-order valence-electron chi connectivity index (χ1n) is 12.8. The van der Waals surface area contributed by atoms with Crippen molar-refractivity contribution < 1.29 is 9.53 Å². The van der Waals surface area contributed by atoms with E-state index in [9.17, 15) is 4.79 Å². The van der Waals surface area contributed by atoms with Gasteiger partial charge in [-0.2, -0.15) is 0 Å². The van der Waals surface area contributed by atoms with E-state index in [0.29, 0.717) is 12.2 Å². The number of nitrogens with zero attached hydrogens (tertiary/aromatic N) is 4. The maximum absolute atomic E-state index is 13.0. The predicted octanol–water partition coefficient (Wildman–Crippen LogP) is 4.64. The average molecular weight is 449 g/mol. The predicted molar refractivity (Wildman–Crippen MR) is 129 cm³/mol. The largest absolute Gasteiger partial charge is 0.494 e. The van der Waals surface area contributed by atoms with Gasteiger partial charge in [-0.1, -0.05) is 6.07 Å². The molecular formula is C27H36N4O2. The number of carbonyl (C=O) groups excluding carboxylic acids is 1. The van der Waals surface area contributed by atoms with Crippen LogP contribution < -0.4 is 4.74 Å². The lowest BCUT2D eigenvalue weighted by molar-refractivity contribution is 0.0722. The van der Waals surface area contributed by atoms with Gasteiger partial charge >= 0.3 is 0 Å². The zero-order valence-corrected chi connectivity index (χ0v) is 20.1. The highest BCUT2D eigenvalue weighted by atomic mass is 16.5. The minimum atomic E-state index is 0.0847. The number of carbonyl (C=O) groups is 1. The van der Waals surface area contributed by atoms with Gasteiger partial charge in [0.1, 0.15) is 11.6 Å². The van der Waals surface area contributed by atoms with E-state index in [-0.39, 0.29) is 11.9 Å². The van der Waals surface area contributed by atoms with Crippen molar-refractivity contribution >= 4 is 5.91 Å². The van der Waals surface area contributed by atoms with Gasteiger partial charge in [-0.25, -0.2) is 9.97 Å². The third-order valence-electron chi connectivity index (χ3n) is 7.48. The fraction of sp³-hybridized carbons (Fsp3) is 0.593. The van der Waals surface area contributed by atoms with Crippen LogP contribution in [0.2, 0.25) is 0 Å². The summed E-state index contributed by atoms with van der Waals surface area (Å²) < 4.78 is 6.03. The Hall–Kier alpha value is -2.47. The van der Waals surface area contributed by atoms with Crippen LogP contribution in [0.15, 0.2) is 18.3 Å². The van der Waals surface area contributed by atoms with E-state index in [1.807, 2.05) is 11.8 Å². The minimum absolute atomic E-state index is 0.0847. The van der Waals surface area contributed by atoms with Gasteiger partial charge in [-0.15, -0.1) is 0 Å². The van der Waals surface area contributed by atoms with Gasteiger partial charge in [-0.3, -0.25) is 9.69 Å². The Labute approximate surface area is 197 Å². The molecule has 0 radical (unpaired) electrons. The van der Waals surface area contributed by atoms with E-state index in [1.165, 1.54) is 36.0 Å². The highest BCUT2D eigenvalue weighted by Gasteiger charge is 2.30. The molecule has 33 heavy (non-hydrogen) atoms. The molecule has 6 nitrogen and oxygen atoms in total. The molecule has 1 amide bonds. The molecule has 0 bridgehead atoms. The molecule has 2 saturated heterocycles. The van der Waals surface area contributed by atoms with Crippen LogP contribution in [0.3, 0.4) is 0 Å². The maximum Gasteiger partial charge on any atom is 0.257 e. The number of aromatic nitrogens is 2. The number of hydrogen-bond donors (Lipinski definition) is 0. The van der Waals surface area contributed by atoms with Crippen molar-refractivity contribution in [2.75, 3.05) is 26.2 Å². The molecule has 176 valence electrons. The zero-order chi connectivity index (χ0) is 22.8. The third-order valence-corrected chi connectivity index (χ3v) is 7.48. The van der Waals surface area contributed by atoms with E-state index < -0.39 is 0 Å². The van der Waals surface area contributed by atoms with E-state index in [1.54, 1.807) is 6.20 Å². The van der Waals surface area contributed by atoms with E-state index >= 15 is 0 Å².